The van der Waals surface area contributed by atoms with E-state index in [0.29, 0.717) is 22.3 Å². The first-order chi connectivity index (χ1) is 9.58. The minimum absolute atomic E-state index is 0.185. The van der Waals surface area contributed by atoms with Gasteiger partial charge in [0.15, 0.2) is 0 Å². The van der Waals surface area contributed by atoms with Gasteiger partial charge in [0, 0.05) is 5.69 Å². The molecule has 0 saturated heterocycles. The van der Waals surface area contributed by atoms with Gasteiger partial charge in [0.1, 0.15) is 12.0 Å². The van der Waals surface area contributed by atoms with E-state index in [0.717, 1.165) is 5.69 Å². The summed E-state index contributed by atoms with van der Waals surface area (Å²) in [5.74, 6) is 0.567. The van der Waals surface area contributed by atoms with E-state index in [-0.39, 0.29) is 11.7 Å². The molecule has 0 fully saturated rings. The second-order valence-electron chi connectivity index (χ2n) is 4.05. The smallest absolute Gasteiger partial charge is 0.256 e. The molecule has 2 rings (SSSR count). The predicted octanol–water partition coefficient (Wildman–Crippen LogP) is 2.30. The number of oxazole rings is 1. The van der Waals surface area contributed by atoms with Gasteiger partial charge in [-0.05, 0) is 25.1 Å². The number of rotatable bonds is 5. The monoisotopic (exact) mass is 293 g/mol. The number of aryl methyl sites for hydroxylation is 1. The van der Waals surface area contributed by atoms with Gasteiger partial charge in [0.25, 0.3) is 5.22 Å². The predicted molar refractivity (Wildman–Crippen MR) is 78.0 cm³/mol. The zero-order valence-electron chi connectivity index (χ0n) is 11.2. The van der Waals surface area contributed by atoms with E-state index in [9.17, 15) is 4.79 Å². The van der Waals surface area contributed by atoms with Crippen molar-refractivity contribution in [3.63, 3.8) is 0 Å². The molecular weight excluding hydrogens is 278 g/mol. The lowest BCUT2D eigenvalue weighted by atomic mass is 10.2. The molecule has 106 valence electrons. The number of hydrogen-bond acceptors (Lipinski definition) is 6. The summed E-state index contributed by atoms with van der Waals surface area (Å²) in [6.07, 6.45) is 1.54. The van der Waals surface area contributed by atoms with E-state index < -0.39 is 0 Å². The summed E-state index contributed by atoms with van der Waals surface area (Å²) in [5.41, 5.74) is 7.57. The molecule has 0 saturated carbocycles. The Hall–Kier alpha value is -2.15. The number of benzene rings is 1. The maximum Gasteiger partial charge on any atom is 0.256 e. The number of hydrogen-bond donors (Lipinski definition) is 2. The first-order valence-corrected chi connectivity index (χ1v) is 6.85. The van der Waals surface area contributed by atoms with Crippen molar-refractivity contribution in [2.45, 2.75) is 12.1 Å². The molecular formula is C13H15N3O3S. The number of ether oxygens (including phenoxy) is 1. The van der Waals surface area contributed by atoms with Crippen LogP contribution < -0.4 is 15.8 Å². The minimum Gasteiger partial charge on any atom is -0.495 e. The Kier molecular flexibility index (Phi) is 4.52. The summed E-state index contributed by atoms with van der Waals surface area (Å²) < 4.78 is 10.3. The lowest BCUT2D eigenvalue weighted by Crippen LogP contribution is -2.14. The van der Waals surface area contributed by atoms with E-state index in [4.69, 9.17) is 14.9 Å². The highest BCUT2D eigenvalue weighted by Crippen LogP contribution is 2.27. The van der Waals surface area contributed by atoms with Crippen LogP contribution in [0.3, 0.4) is 0 Å². The Balaban J connectivity index is 1.96. The molecule has 7 heteroatoms. The number of nitrogen functional groups attached to an aromatic ring is 1. The van der Waals surface area contributed by atoms with Gasteiger partial charge in [0.05, 0.1) is 24.2 Å². The molecule has 0 aliphatic rings. The molecule has 0 radical (unpaired) electrons. The fourth-order valence-electron chi connectivity index (χ4n) is 1.54. The van der Waals surface area contributed by atoms with Gasteiger partial charge in [-0.25, -0.2) is 4.98 Å². The summed E-state index contributed by atoms with van der Waals surface area (Å²) in [5, 5.41) is 3.21. The van der Waals surface area contributed by atoms with Crippen LogP contribution in [0, 0.1) is 6.92 Å². The number of aromatic nitrogens is 1. The van der Waals surface area contributed by atoms with Crippen molar-refractivity contribution >= 4 is 29.0 Å². The molecule has 1 aromatic carbocycles. The van der Waals surface area contributed by atoms with Gasteiger partial charge in [-0.15, -0.1) is 0 Å². The number of methoxy groups -OCH3 is 1. The molecule has 20 heavy (non-hydrogen) atoms. The van der Waals surface area contributed by atoms with Gasteiger partial charge < -0.3 is 20.2 Å². The molecule has 2 aromatic rings. The van der Waals surface area contributed by atoms with Crippen molar-refractivity contribution in [2.75, 3.05) is 23.9 Å². The highest BCUT2D eigenvalue weighted by Gasteiger charge is 2.10. The van der Waals surface area contributed by atoms with Crippen LogP contribution >= 0.6 is 11.8 Å². The number of thioether (sulfide) groups is 1. The summed E-state index contributed by atoms with van der Waals surface area (Å²) >= 11 is 1.22. The van der Waals surface area contributed by atoms with Crippen molar-refractivity contribution in [3.8, 4) is 5.75 Å². The van der Waals surface area contributed by atoms with Crippen LogP contribution in [0.25, 0.3) is 0 Å². The minimum atomic E-state index is -0.185. The molecule has 0 aliphatic carbocycles. The Morgan fingerprint density at radius 3 is 3.00 bits per heavy atom. The third-order valence-electron chi connectivity index (χ3n) is 2.42. The largest absolute Gasteiger partial charge is 0.495 e. The Morgan fingerprint density at radius 1 is 1.55 bits per heavy atom. The van der Waals surface area contributed by atoms with Gasteiger partial charge in [0.2, 0.25) is 5.91 Å². The quantitative estimate of drug-likeness (QED) is 0.649. The first-order valence-electron chi connectivity index (χ1n) is 5.87. The van der Waals surface area contributed by atoms with Crippen LogP contribution in [0.1, 0.15) is 5.69 Å². The second-order valence-corrected chi connectivity index (χ2v) is 4.98. The molecule has 0 atom stereocenters. The zero-order valence-corrected chi connectivity index (χ0v) is 12.0. The fourth-order valence-corrected chi connectivity index (χ4v) is 2.19. The van der Waals surface area contributed by atoms with Crippen LogP contribution in [0.2, 0.25) is 0 Å². The second kappa shape index (κ2) is 6.33. The number of carbonyl (C=O) groups excluding carboxylic acids is 1. The standard InChI is InChI=1S/C13H15N3O3S/c1-8-6-19-13(15-8)20-7-12(17)16-10-5-9(14)3-4-11(10)18-2/h3-6H,7,14H2,1-2H3,(H,16,17). The van der Waals surface area contributed by atoms with Crippen molar-refractivity contribution in [1.82, 2.24) is 4.98 Å². The van der Waals surface area contributed by atoms with Crippen LogP contribution in [-0.4, -0.2) is 23.8 Å². The normalized spacial score (nSPS) is 10.3. The molecule has 0 bridgehead atoms. The molecule has 3 N–H and O–H groups in total. The highest BCUT2D eigenvalue weighted by atomic mass is 32.2. The van der Waals surface area contributed by atoms with Crippen molar-refractivity contribution in [2.24, 2.45) is 0 Å². The Morgan fingerprint density at radius 2 is 2.35 bits per heavy atom. The lowest BCUT2D eigenvalue weighted by Gasteiger charge is -2.10. The number of carbonyl (C=O) groups is 1. The number of nitrogens with zero attached hydrogens (tertiary/aromatic N) is 1. The Bertz CT molecular complexity index is 613. The van der Waals surface area contributed by atoms with Crippen molar-refractivity contribution in [3.05, 3.63) is 30.2 Å². The first kappa shape index (κ1) is 14.3. The molecule has 1 aromatic heterocycles. The number of anilines is 2. The summed E-state index contributed by atoms with van der Waals surface area (Å²) in [6.45, 7) is 1.82. The Labute approximate surface area is 120 Å². The van der Waals surface area contributed by atoms with E-state index in [2.05, 4.69) is 10.3 Å². The maximum atomic E-state index is 11.9. The average Bonchev–Trinajstić information content (AvgIpc) is 2.83. The topological polar surface area (TPSA) is 90.4 Å². The van der Waals surface area contributed by atoms with Gasteiger partial charge in [-0.3, -0.25) is 4.79 Å². The maximum absolute atomic E-state index is 11.9. The highest BCUT2D eigenvalue weighted by molar-refractivity contribution is 7.99. The summed E-state index contributed by atoms with van der Waals surface area (Å²) in [6, 6.07) is 5.06. The van der Waals surface area contributed by atoms with Gasteiger partial charge >= 0.3 is 0 Å². The fraction of sp³-hybridized carbons (Fsp3) is 0.231. The van der Waals surface area contributed by atoms with E-state index >= 15 is 0 Å². The average molecular weight is 293 g/mol. The summed E-state index contributed by atoms with van der Waals surface area (Å²) in [7, 11) is 1.53. The summed E-state index contributed by atoms with van der Waals surface area (Å²) in [4.78, 5) is 16.0. The zero-order chi connectivity index (χ0) is 14.5. The van der Waals surface area contributed by atoms with Crippen molar-refractivity contribution < 1.29 is 13.9 Å². The SMILES string of the molecule is COc1ccc(N)cc1NC(=O)CSc1nc(C)co1. The molecule has 1 heterocycles. The van der Waals surface area contributed by atoms with E-state index in [1.165, 1.54) is 18.9 Å². The van der Waals surface area contributed by atoms with Crippen LogP contribution in [-0.2, 0) is 4.79 Å². The van der Waals surface area contributed by atoms with Crippen LogP contribution in [0.4, 0.5) is 11.4 Å². The van der Waals surface area contributed by atoms with E-state index in [1.54, 1.807) is 24.5 Å². The van der Waals surface area contributed by atoms with Gasteiger partial charge in [-0.1, -0.05) is 11.8 Å². The number of amides is 1. The molecule has 1 amide bonds. The molecule has 0 aliphatic heterocycles. The third kappa shape index (κ3) is 3.67. The van der Waals surface area contributed by atoms with Gasteiger partial charge in [-0.2, -0.15) is 0 Å². The van der Waals surface area contributed by atoms with E-state index in [1.807, 2.05) is 6.92 Å². The lowest BCUT2D eigenvalue weighted by molar-refractivity contribution is -0.113. The van der Waals surface area contributed by atoms with Crippen molar-refractivity contribution in [1.29, 1.82) is 0 Å². The molecule has 6 nitrogen and oxygen atoms in total. The number of nitrogens with one attached hydrogen (secondary N) is 1. The molecule has 0 spiro atoms. The third-order valence-corrected chi connectivity index (χ3v) is 3.26. The van der Waals surface area contributed by atoms with Crippen LogP contribution in [0.15, 0.2) is 34.1 Å². The molecule has 0 unspecified atom stereocenters. The van der Waals surface area contributed by atoms with Crippen LogP contribution in [0.5, 0.6) is 5.75 Å². The number of nitrogens with two attached hydrogens (primary N) is 1.